The minimum Gasteiger partial charge on any atom is -0.0847 e. The van der Waals surface area contributed by atoms with Crippen LogP contribution >= 0.6 is 21.6 Å². The van der Waals surface area contributed by atoms with E-state index >= 15 is 0 Å². The quantitative estimate of drug-likeness (QED) is 0.531. The van der Waals surface area contributed by atoms with Crippen molar-refractivity contribution in [1.82, 2.24) is 0 Å². The summed E-state index contributed by atoms with van der Waals surface area (Å²) in [6.07, 6.45) is 2.14. The van der Waals surface area contributed by atoms with E-state index in [1.165, 1.54) is 11.1 Å². The third-order valence-electron chi connectivity index (χ3n) is 2.25. The zero-order valence-corrected chi connectivity index (χ0v) is 11.1. The molecule has 0 aliphatic carbocycles. The maximum absolute atomic E-state index is 2.16. The van der Waals surface area contributed by atoms with Crippen molar-refractivity contribution in [2.45, 2.75) is 5.75 Å². The van der Waals surface area contributed by atoms with Gasteiger partial charge in [0.25, 0.3) is 0 Å². The van der Waals surface area contributed by atoms with Gasteiger partial charge in [0.1, 0.15) is 0 Å². The normalized spacial score (nSPS) is 10.8. The Hall–Kier alpha value is -1.12. The molecule has 0 fully saturated rings. The summed E-state index contributed by atoms with van der Waals surface area (Å²) in [5.41, 5.74) is 2.62. The molecule has 0 saturated carbocycles. The maximum Gasteiger partial charge on any atom is 0.0291 e. The Kier molecular flexibility index (Phi) is 5.27. The molecule has 0 unspecified atom stereocenters. The van der Waals surface area contributed by atoms with Gasteiger partial charge in [-0.05, 0) is 22.6 Å². The predicted molar refractivity (Wildman–Crippen MR) is 80.8 cm³/mol. The molecule has 0 N–H and O–H groups in total. The van der Waals surface area contributed by atoms with Crippen molar-refractivity contribution in [1.29, 1.82) is 0 Å². The fourth-order valence-corrected chi connectivity index (χ4v) is 3.09. The van der Waals surface area contributed by atoms with Gasteiger partial charge in [0.2, 0.25) is 0 Å². The molecule has 0 aliphatic rings. The maximum atomic E-state index is 2.16. The summed E-state index contributed by atoms with van der Waals surface area (Å²) in [7, 11) is 3.63. The number of hydrogen-bond donors (Lipinski definition) is 0. The molecule has 2 rings (SSSR count). The van der Waals surface area contributed by atoms with Gasteiger partial charge in [0.15, 0.2) is 0 Å². The zero-order chi connectivity index (χ0) is 11.8. The molecule has 0 radical (unpaired) electrons. The topological polar surface area (TPSA) is 0 Å². The van der Waals surface area contributed by atoms with Crippen molar-refractivity contribution >= 4 is 27.7 Å². The molecule has 86 valence electrons. The molecule has 17 heavy (non-hydrogen) atoms. The fourth-order valence-electron chi connectivity index (χ4n) is 1.39. The van der Waals surface area contributed by atoms with Gasteiger partial charge in [0.05, 0.1) is 0 Å². The Morgan fingerprint density at radius 2 is 1.47 bits per heavy atom. The van der Waals surface area contributed by atoms with Crippen LogP contribution in [0, 0.1) is 0 Å². The minimum atomic E-state index is 1.05. The number of rotatable bonds is 5. The van der Waals surface area contributed by atoms with E-state index in [9.17, 15) is 0 Å². The molecule has 0 spiro atoms. The van der Waals surface area contributed by atoms with E-state index in [4.69, 9.17) is 0 Å². The van der Waals surface area contributed by atoms with Gasteiger partial charge < -0.3 is 0 Å². The van der Waals surface area contributed by atoms with Crippen LogP contribution in [-0.2, 0) is 5.75 Å². The Morgan fingerprint density at radius 3 is 2.18 bits per heavy atom. The Labute approximate surface area is 111 Å². The van der Waals surface area contributed by atoms with Crippen molar-refractivity contribution in [3.8, 4) is 0 Å². The monoisotopic (exact) mass is 258 g/mol. The molecular weight excluding hydrogens is 244 g/mol. The molecule has 2 heteroatoms. The average Bonchev–Trinajstić information content (AvgIpc) is 2.41. The first-order valence-corrected chi connectivity index (χ1v) is 7.87. The highest BCUT2D eigenvalue weighted by Crippen LogP contribution is 2.27. The molecule has 0 bridgehead atoms. The minimum absolute atomic E-state index is 1.05. The number of benzene rings is 2. The summed E-state index contributed by atoms with van der Waals surface area (Å²) in [5, 5.41) is 2.14. The summed E-state index contributed by atoms with van der Waals surface area (Å²) in [4.78, 5) is 0. The van der Waals surface area contributed by atoms with E-state index in [1.54, 1.807) is 10.8 Å². The molecule has 0 amide bonds. The summed E-state index contributed by atoms with van der Waals surface area (Å²) in [6, 6.07) is 20.9. The van der Waals surface area contributed by atoms with E-state index in [0.717, 1.165) is 5.75 Å². The fraction of sp³-hybridized carbons (Fsp3) is 0.0667. The lowest BCUT2D eigenvalue weighted by atomic mass is 10.2. The summed E-state index contributed by atoms with van der Waals surface area (Å²) >= 11 is 0. The predicted octanol–water partition coefficient (Wildman–Crippen LogP) is 5.24. The van der Waals surface area contributed by atoms with Gasteiger partial charge in [-0.15, -0.1) is 0 Å². The van der Waals surface area contributed by atoms with E-state index in [1.807, 2.05) is 16.9 Å². The highest BCUT2D eigenvalue weighted by Gasteiger charge is 1.90. The van der Waals surface area contributed by atoms with Crippen molar-refractivity contribution in [3.05, 3.63) is 77.2 Å². The van der Waals surface area contributed by atoms with Gasteiger partial charge in [-0.1, -0.05) is 82.3 Å². The van der Waals surface area contributed by atoms with Crippen LogP contribution in [-0.4, -0.2) is 0 Å². The van der Waals surface area contributed by atoms with Gasteiger partial charge >= 0.3 is 0 Å². The first-order chi connectivity index (χ1) is 8.45. The highest BCUT2D eigenvalue weighted by molar-refractivity contribution is 8.77. The SMILES string of the molecule is C(=C\c1ccccc1)/SSCc1ccccc1. The zero-order valence-electron chi connectivity index (χ0n) is 9.45. The summed E-state index contributed by atoms with van der Waals surface area (Å²) in [5.74, 6) is 1.05. The molecular formula is C15H14S2. The second kappa shape index (κ2) is 7.25. The van der Waals surface area contributed by atoms with Crippen LogP contribution in [0.1, 0.15) is 11.1 Å². The highest BCUT2D eigenvalue weighted by atomic mass is 33.1. The lowest BCUT2D eigenvalue weighted by Gasteiger charge is -1.97. The molecule has 0 aliphatic heterocycles. The second-order valence-electron chi connectivity index (χ2n) is 3.56. The van der Waals surface area contributed by atoms with Crippen LogP contribution in [0.5, 0.6) is 0 Å². The van der Waals surface area contributed by atoms with E-state index in [0.29, 0.717) is 0 Å². The van der Waals surface area contributed by atoms with Crippen LogP contribution in [0.4, 0.5) is 0 Å². The lowest BCUT2D eigenvalue weighted by Crippen LogP contribution is -1.74. The van der Waals surface area contributed by atoms with E-state index in [-0.39, 0.29) is 0 Å². The summed E-state index contributed by atoms with van der Waals surface area (Å²) < 4.78 is 0. The molecule has 2 aromatic carbocycles. The Balaban J connectivity index is 1.72. The molecule has 0 saturated heterocycles. The standard InChI is InChI=1S/C15H14S2/c1-3-7-14(8-4-1)11-12-16-17-13-15-9-5-2-6-10-15/h1-12H,13H2/b12-11+. The molecule has 0 atom stereocenters. The van der Waals surface area contributed by atoms with Crippen LogP contribution in [0.15, 0.2) is 66.1 Å². The van der Waals surface area contributed by atoms with Crippen molar-refractivity contribution in [2.24, 2.45) is 0 Å². The van der Waals surface area contributed by atoms with Gasteiger partial charge in [-0.25, -0.2) is 0 Å². The molecule has 0 heterocycles. The third-order valence-corrected chi connectivity index (χ3v) is 4.18. The van der Waals surface area contributed by atoms with Gasteiger partial charge in [-0.3, -0.25) is 0 Å². The smallest absolute Gasteiger partial charge is 0.0291 e. The van der Waals surface area contributed by atoms with Gasteiger partial charge in [0, 0.05) is 5.75 Å². The Bertz CT molecular complexity index is 449. The number of hydrogen-bond acceptors (Lipinski definition) is 2. The first-order valence-electron chi connectivity index (χ1n) is 5.49. The van der Waals surface area contributed by atoms with Crippen molar-refractivity contribution in [2.75, 3.05) is 0 Å². The Morgan fingerprint density at radius 1 is 0.824 bits per heavy atom. The van der Waals surface area contributed by atoms with E-state index < -0.39 is 0 Å². The van der Waals surface area contributed by atoms with Crippen molar-refractivity contribution < 1.29 is 0 Å². The van der Waals surface area contributed by atoms with Crippen LogP contribution in [0.25, 0.3) is 6.08 Å². The average molecular weight is 258 g/mol. The second-order valence-corrected chi connectivity index (χ2v) is 5.83. The largest absolute Gasteiger partial charge is 0.0847 e. The molecule has 0 aromatic heterocycles. The van der Waals surface area contributed by atoms with Crippen LogP contribution in [0.3, 0.4) is 0 Å². The van der Waals surface area contributed by atoms with Crippen LogP contribution < -0.4 is 0 Å². The third kappa shape index (κ3) is 4.72. The molecule has 0 nitrogen and oxygen atoms in total. The molecule has 2 aromatic rings. The van der Waals surface area contributed by atoms with Crippen LogP contribution in [0.2, 0.25) is 0 Å². The van der Waals surface area contributed by atoms with Gasteiger partial charge in [-0.2, -0.15) is 0 Å². The first kappa shape index (κ1) is 12.3. The lowest BCUT2D eigenvalue weighted by molar-refractivity contribution is 1.43. The summed E-state index contributed by atoms with van der Waals surface area (Å²) in [6.45, 7) is 0. The van der Waals surface area contributed by atoms with E-state index in [2.05, 4.69) is 66.1 Å². The van der Waals surface area contributed by atoms with Crippen molar-refractivity contribution in [3.63, 3.8) is 0 Å².